The van der Waals surface area contributed by atoms with E-state index >= 15 is 0 Å². The van der Waals surface area contributed by atoms with Gasteiger partial charge in [-0.25, -0.2) is 4.39 Å². The maximum absolute atomic E-state index is 13.6. The highest BCUT2D eigenvalue weighted by atomic mass is 19.1. The number of aromatic amines is 1. The summed E-state index contributed by atoms with van der Waals surface area (Å²) in [5, 5.41) is 6.23. The van der Waals surface area contributed by atoms with E-state index in [2.05, 4.69) is 20.4 Å². The van der Waals surface area contributed by atoms with Crippen LogP contribution in [-0.2, 0) is 6.54 Å². The minimum atomic E-state index is -0.640. The van der Waals surface area contributed by atoms with Crippen molar-refractivity contribution in [3.8, 4) is 17.1 Å². The number of nitrogens with zero attached hydrogens (tertiary/aromatic N) is 2. The normalized spacial score (nSPS) is 10.5. The lowest BCUT2D eigenvalue weighted by Gasteiger charge is -2.05. The number of halogens is 1. The highest BCUT2D eigenvalue weighted by Crippen LogP contribution is 2.17. The number of aromatic nitrogens is 3. The van der Waals surface area contributed by atoms with Gasteiger partial charge in [-0.2, -0.15) is 4.98 Å². The molecule has 1 amide bonds. The molecule has 0 fully saturated rings. The molecule has 0 unspecified atom stereocenters. The molecule has 0 aliphatic rings. The summed E-state index contributed by atoms with van der Waals surface area (Å²) >= 11 is 0. The van der Waals surface area contributed by atoms with Gasteiger partial charge in [-0.1, -0.05) is 5.16 Å². The maximum Gasteiger partial charge on any atom is 0.259 e. The van der Waals surface area contributed by atoms with Crippen LogP contribution in [0.3, 0.4) is 0 Å². The van der Waals surface area contributed by atoms with Gasteiger partial charge in [-0.15, -0.1) is 0 Å². The fourth-order valence-corrected chi connectivity index (χ4v) is 2.10. The molecule has 1 aromatic carbocycles. The Bertz CT molecular complexity index is 967. The van der Waals surface area contributed by atoms with Crippen molar-refractivity contribution in [3.63, 3.8) is 0 Å². The van der Waals surface area contributed by atoms with Gasteiger partial charge in [-0.3, -0.25) is 9.59 Å². The number of pyridine rings is 1. The first-order valence-corrected chi connectivity index (χ1v) is 7.21. The van der Waals surface area contributed by atoms with Gasteiger partial charge in [0.25, 0.3) is 11.5 Å². The highest BCUT2D eigenvalue weighted by Gasteiger charge is 2.14. The zero-order valence-corrected chi connectivity index (χ0v) is 13.1. The molecule has 128 valence electrons. The highest BCUT2D eigenvalue weighted by molar-refractivity contribution is 5.94. The topological polar surface area (TPSA) is 110 Å². The fraction of sp³-hybridized carbons (Fsp3) is 0.125. The average molecular weight is 344 g/mol. The van der Waals surface area contributed by atoms with Crippen molar-refractivity contribution in [2.45, 2.75) is 6.54 Å². The van der Waals surface area contributed by atoms with E-state index in [1.165, 1.54) is 25.4 Å². The van der Waals surface area contributed by atoms with Gasteiger partial charge >= 0.3 is 0 Å². The third-order valence-corrected chi connectivity index (χ3v) is 3.34. The van der Waals surface area contributed by atoms with E-state index in [-0.39, 0.29) is 40.7 Å². The maximum atomic E-state index is 13.6. The summed E-state index contributed by atoms with van der Waals surface area (Å²) in [6.07, 6.45) is 1.49. The van der Waals surface area contributed by atoms with Crippen molar-refractivity contribution in [1.82, 2.24) is 20.4 Å². The molecule has 25 heavy (non-hydrogen) atoms. The lowest BCUT2D eigenvalue weighted by Crippen LogP contribution is -2.23. The van der Waals surface area contributed by atoms with Crippen LogP contribution in [-0.4, -0.2) is 28.1 Å². The minimum absolute atomic E-state index is 0.0474. The third-order valence-electron chi connectivity index (χ3n) is 3.34. The Balaban J connectivity index is 1.68. The van der Waals surface area contributed by atoms with Crippen LogP contribution in [0.1, 0.15) is 16.2 Å². The average Bonchev–Trinajstić information content (AvgIpc) is 3.08. The quantitative estimate of drug-likeness (QED) is 0.726. The van der Waals surface area contributed by atoms with Crippen molar-refractivity contribution >= 4 is 5.91 Å². The van der Waals surface area contributed by atoms with E-state index < -0.39 is 11.7 Å². The molecule has 8 nitrogen and oxygen atoms in total. The molecule has 2 aromatic heterocycles. The lowest BCUT2D eigenvalue weighted by atomic mass is 10.2. The smallest absolute Gasteiger partial charge is 0.259 e. The predicted molar refractivity (Wildman–Crippen MR) is 84.5 cm³/mol. The van der Waals surface area contributed by atoms with Crippen LogP contribution in [0.25, 0.3) is 11.4 Å². The van der Waals surface area contributed by atoms with Crippen molar-refractivity contribution in [1.29, 1.82) is 0 Å². The minimum Gasteiger partial charge on any atom is -0.494 e. The Kier molecular flexibility index (Phi) is 4.55. The summed E-state index contributed by atoms with van der Waals surface area (Å²) < 4.78 is 23.4. The van der Waals surface area contributed by atoms with Crippen molar-refractivity contribution in [3.05, 3.63) is 64.2 Å². The van der Waals surface area contributed by atoms with Gasteiger partial charge < -0.3 is 19.6 Å². The van der Waals surface area contributed by atoms with E-state index in [0.717, 1.165) is 6.07 Å². The Hall–Kier alpha value is -3.49. The summed E-state index contributed by atoms with van der Waals surface area (Å²) in [5.74, 6) is -0.884. The van der Waals surface area contributed by atoms with Crippen LogP contribution in [0.5, 0.6) is 5.75 Å². The molecule has 0 aliphatic carbocycles. The molecule has 0 spiro atoms. The largest absolute Gasteiger partial charge is 0.494 e. The Morgan fingerprint density at radius 3 is 2.96 bits per heavy atom. The Labute approximate surface area is 140 Å². The summed E-state index contributed by atoms with van der Waals surface area (Å²) in [5.41, 5.74) is 0.0196. The predicted octanol–water partition coefficient (Wildman–Crippen LogP) is 1.50. The van der Waals surface area contributed by atoms with Gasteiger partial charge in [0.1, 0.15) is 0 Å². The van der Waals surface area contributed by atoms with Gasteiger partial charge in [0, 0.05) is 11.8 Å². The van der Waals surface area contributed by atoms with Gasteiger partial charge in [-0.05, 0) is 30.3 Å². The molecule has 3 aromatic rings. The molecular weight excluding hydrogens is 331 g/mol. The monoisotopic (exact) mass is 344 g/mol. The molecule has 0 saturated carbocycles. The molecule has 3 rings (SSSR count). The molecule has 2 heterocycles. The fourth-order valence-electron chi connectivity index (χ4n) is 2.10. The second kappa shape index (κ2) is 6.95. The van der Waals surface area contributed by atoms with Crippen LogP contribution in [0.15, 0.2) is 45.8 Å². The third kappa shape index (κ3) is 3.55. The second-order valence-corrected chi connectivity index (χ2v) is 4.96. The lowest BCUT2D eigenvalue weighted by molar-refractivity contribution is 0.0945. The zero-order chi connectivity index (χ0) is 17.8. The second-order valence-electron chi connectivity index (χ2n) is 4.96. The van der Waals surface area contributed by atoms with Crippen LogP contribution in [0.2, 0.25) is 0 Å². The Morgan fingerprint density at radius 1 is 1.40 bits per heavy atom. The molecule has 2 N–H and O–H groups in total. The standard InChI is InChI=1S/C16H13FN4O4/c1-24-12-5-4-9(7-11(12)17)15(22)19-8-13-20-14(21-25-13)10-3-2-6-18-16(10)23/h2-7H,8H2,1H3,(H,18,23)(H,19,22). The molecule has 0 radical (unpaired) electrons. The van der Waals surface area contributed by atoms with E-state index in [1.54, 1.807) is 12.1 Å². The number of hydrogen-bond donors (Lipinski definition) is 2. The zero-order valence-electron chi connectivity index (χ0n) is 13.1. The number of benzene rings is 1. The van der Waals surface area contributed by atoms with Crippen LogP contribution >= 0.6 is 0 Å². The molecule has 0 aliphatic heterocycles. The van der Waals surface area contributed by atoms with E-state index in [1.807, 2.05) is 0 Å². The number of nitrogens with one attached hydrogen (secondary N) is 2. The number of rotatable bonds is 5. The van der Waals surface area contributed by atoms with Gasteiger partial charge in [0.2, 0.25) is 11.7 Å². The first-order valence-electron chi connectivity index (χ1n) is 7.21. The molecule has 0 bridgehead atoms. The summed E-state index contributed by atoms with van der Waals surface area (Å²) in [7, 11) is 1.34. The summed E-state index contributed by atoms with van der Waals surface area (Å²) in [6, 6.07) is 7.03. The summed E-state index contributed by atoms with van der Waals surface area (Å²) in [6.45, 7) is -0.0653. The molecule has 0 atom stereocenters. The number of carbonyl (C=O) groups is 1. The number of hydrogen-bond acceptors (Lipinski definition) is 6. The van der Waals surface area contributed by atoms with E-state index in [4.69, 9.17) is 9.26 Å². The Morgan fingerprint density at radius 2 is 2.24 bits per heavy atom. The number of ether oxygens (including phenoxy) is 1. The van der Waals surface area contributed by atoms with Crippen molar-refractivity contribution in [2.24, 2.45) is 0 Å². The van der Waals surface area contributed by atoms with Crippen molar-refractivity contribution in [2.75, 3.05) is 7.11 Å². The first-order chi connectivity index (χ1) is 12.1. The van der Waals surface area contributed by atoms with E-state index in [9.17, 15) is 14.0 Å². The summed E-state index contributed by atoms with van der Waals surface area (Å²) in [4.78, 5) is 30.3. The first kappa shape index (κ1) is 16.4. The molecular formula is C16H13FN4O4. The number of carbonyl (C=O) groups excluding carboxylic acids is 1. The van der Waals surface area contributed by atoms with E-state index in [0.29, 0.717) is 0 Å². The van der Waals surface area contributed by atoms with Crippen molar-refractivity contribution < 1.29 is 18.4 Å². The number of amides is 1. The molecule has 9 heteroatoms. The number of methoxy groups -OCH3 is 1. The SMILES string of the molecule is COc1ccc(C(=O)NCc2nc(-c3ccc[nH]c3=O)no2)cc1F. The van der Waals surface area contributed by atoms with Gasteiger partial charge in [0.05, 0.1) is 19.2 Å². The van der Waals surface area contributed by atoms with Crippen LogP contribution < -0.4 is 15.6 Å². The van der Waals surface area contributed by atoms with Crippen LogP contribution in [0.4, 0.5) is 4.39 Å². The number of H-pyrrole nitrogens is 1. The van der Waals surface area contributed by atoms with Crippen LogP contribution in [0, 0.1) is 5.82 Å². The molecule has 0 saturated heterocycles. The van der Waals surface area contributed by atoms with Gasteiger partial charge in [0.15, 0.2) is 11.6 Å².